The van der Waals surface area contributed by atoms with E-state index in [0.29, 0.717) is 0 Å². The molecule has 0 aliphatic heterocycles. The van der Waals surface area contributed by atoms with Gasteiger partial charge in [0.25, 0.3) is 0 Å². The van der Waals surface area contributed by atoms with Gasteiger partial charge in [-0.25, -0.2) is 0 Å². The van der Waals surface area contributed by atoms with E-state index in [9.17, 15) is 0 Å². The third-order valence-corrected chi connectivity index (χ3v) is 25.2. The van der Waals surface area contributed by atoms with Crippen LogP contribution in [0.3, 0.4) is 0 Å². The van der Waals surface area contributed by atoms with E-state index < -0.39 is 27.9 Å². The van der Waals surface area contributed by atoms with Crippen LogP contribution in [0.15, 0.2) is 0 Å². The standard InChI is InChI=1S/6C6H15O2PSe2.8Cu.S/c6*1-5(2)7-9(10,11)8-6(3)4;;;;;;;;;/h6*5-6H,1-4H3,(H,10,11);;;;;;;;;/q;;;;;;8*+1;-2/p-6. The average molecular weight is 2380 g/mol. The summed E-state index contributed by atoms with van der Waals surface area (Å²) in [7, 11) is 0. The first-order valence-electron chi connectivity index (χ1n) is 21.1. The van der Waals surface area contributed by atoms with Crippen molar-refractivity contribution in [1.29, 1.82) is 0 Å². The number of hydrogen-bond acceptors (Lipinski definition) is 12. The molecule has 0 N–H and O–H groups in total. The van der Waals surface area contributed by atoms with Crippen molar-refractivity contribution in [3.05, 3.63) is 0 Å². The average Bonchev–Trinajstić information content (AvgIpc) is 2.90. The van der Waals surface area contributed by atoms with E-state index in [1.165, 1.54) is 0 Å². The van der Waals surface area contributed by atoms with Crippen molar-refractivity contribution in [2.75, 3.05) is 0 Å². The minimum absolute atomic E-state index is 0. The van der Waals surface area contributed by atoms with Gasteiger partial charge in [0.05, 0.1) is 0 Å². The molecule has 0 aliphatic carbocycles. The second-order valence-corrected chi connectivity index (χ2v) is 81.8. The fourth-order valence-corrected chi connectivity index (χ4v) is 35.7. The van der Waals surface area contributed by atoms with E-state index in [2.05, 4.69) is 184 Å². The van der Waals surface area contributed by atoms with E-state index in [1.54, 1.807) is 0 Å². The van der Waals surface area contributed by atoms with E-state index in [1.807, 2.05) is 166 Å². The normalized spacial score (nSPS) is 11.4. The van der Waals surface area contributed by atoms with Crippen molar-refractivity contribution in [2.45, 2.75) is 239 Å². The van der Waals surface area contributed by atoms with Crippen LogP contribution in [-0.4, -0.2) is 257 Å². The van der Waals surface area contributed by atoms with Crippen LogP contribution < -0.4 is 0 Å². The first-order chi connectivity index (χ1) is 29.0. The van der Waals surface area contributed by atoms with Crippen LogP contribution in [0.4, 0.5) is 0 Å². The number of rotatable bonds is 24. The summed E-state index contributed by atoms with van der Waals surface area (Å²) in [5.74, 6) is 0. The second kappa shape index (κ2) is 68.2. The van der Waals surface area contributed by atoms with Crippen LogP contribution in [0, 0.1) is 0 Å². The molecule has 0 aromatic heterocycles. The molecular weight excluding hydrogens is 2300 g/mol. The Kier molecular flexibility index (Phi) is 114. The van der Waals surface area contributed by atoms with Gasteiger partial charge in [-0.15, -0.1) is 0 Å². The molecule has 0 aromatic rings. The molecule has 0 unspecified atom stereocenters. The van der Waals surface area contributed by atoms with Crippen molar-refractivity contribution < 1.29 is 191 Å². The van der Waals surface area contributed by atoms with Crippen LogP contribution in [0.2, 0.25) is 0 Å². The van der Waals surface area contributed by atoms with Gasteiger partial charge in [-0.2, -0.15) is 0 Å². The summed E-state index contributed by atoms with van der Waals surface area (Å²) in [6, 6.07) is 0. The third kappa shape index (κ3) is 118. The summed E-state index contributed by atoms with van der Waals surface area (Å²) in [6.07, 6.45) is 2.38. The summed E-state index contributed by atoms with van der Waals surface area (Å²) in [4.78, 5) is 0. The largest absolute Gasteiger partial charge is 2.00 e. The van der Waals surface area contributed by atoms with Gasteiger partial charge in [0, 0.05) is 0 Å². The predicted octanol–water partition coefficient (Wildman–Crippen LogP) is 11.1. The molecule has 0 saturated heterocycles. The van der Waals surface area contributed by atoms with Crippen LogP contribution in [0.5, 0.6) is 0 Å². The molecule has 39 heteroatoms. The first kappa shape index (κ1) is 125. The zero-order chi connectivity index (χ0) is 54.4. The Balaban J connectivity index is -0.0000000433. The zero-order valence-corrected chi connectivity index (χ0v) is 80.5. The Morgan fingerprint density at radius 1 is 0.187 bits per heavy atom. The maximum Gasteiger partial charge on any atom is 1.00 e. The minimum Gasteiger partial charge on any atom is -2.00 e. The quantitative estimate of drug-likeness (QED) is 0.0678. The van der Waals surface area contributed by atoms with Crippen molar-refractivity contribution in [2.24, 2.45) is 0 Å². The van der Waals surface area contributed by atoms with Gasteiger partial charge in [0.15, 0.2) is 0 Å². The van der Waals surface area contributed by atoms with Crippen LogP contribution in [0.25, 0.3) is 0 Å². The minimum atomic E-state index is -1.80. The summed E-state index contributed by atoms with van der Waals surface area (Å²) in [6.45, 7) is 47.8. The van der Waals surface area contributed by atoms with Gasteiger partial charge in [-0.1, -0.05) is 0 Å². The fraction of sp³-hybridized carbons (Fsp3) is 1.00. The van der Waals surface area contributed by atoms with Crippen molar-refractivity contribution in [3.63, 3.8) is 0 Å². The molecule has 0 heterocycles. The molecule has 0 bridgehead atoms. The molecule has 0 spiro atoms. The van der Waals surface area contributed by atoms with Crippen LogP contribution >= 0.6 is 27.9 Å². The Morgan fingerprint density at radius 3 is 0.253 bits per heavy atom. The Bertz CT molecular complexity index is 1190. The van der Waals surface area contributed by atoms with Gasteiger partial charge >= 0.3 is 642 Å². The first-order valence-corrected chi connectivity index (χ1v) is 57.4. The van der Waals surface area contributed by atoms with Crippen LogP contribution in [-0.2, 0) is 204 Å². The maximum atomic E-state index is 5.53. The van der Waals surface area contributed by atoms with Crippen molar-refractivity contribution in [1.82, 2.24) is 0 Å². The van der Waals surface area contributed by atoms with Crippen molar-refractivity contribution >= 4 is 225 Å². The second-order valence-electron chi connectivity index (χ2n) is 16.5. The Morgan fingerprint density at radius 2 is 0.227 bits per heavy atom. The molecule has 496 valence electrons. The van der Waals surface area contributed by atoms with E-state index in [0.717, 1.165) is 0 Å². The Hall–Kier alpha value is 12.8. The summed E-state index contributed by atoms with van der Waals surface area (Å²) in [5, 5.41) is 0. The maximum absolute atomic E-state index is 5.53. The van der Waals surface area contributed by atoms with Gasteiger partial charge in [-0.05, 0) is 0 Å². The van der Waals surface area contributed by atoms with E-state index >= 15 is 0 Å². The van der Waals surface area contributed by atoms with Gasteiger partial charge < -0.3 is 13.5 Å². The van der Waals surface area contributed by atoms with Crippen LogP contribution in [0.1, 0.15) is 166 Å². The molecule has 0 atom stereocenters. The summed E-state index contributed by atoms with van der Waals surface area (Å²) >= 11 is 35.1. The zero-order valence-electron chi connectivity index (χ0n) is 46.2. The molecule has 0 rings (SSSR count). The third-order valence-electron chi connectivity index (χ3n) is 4.08. The van der Waals surface area contributed by atoms with Gasteiger partial charge in [0.1, 0.15) is 0 Å². The molecule has 0 radical (unpaired) electrons. The van der Waals surface area contributed by atoms with E-state index in [4.69, 9.17) is 54.3 Å². The molecule has 0 aromatic carbocycles. The smallest absolute Gasteiger partial charge is 1.00 e. The molecule has 0 fully saturated rings. The fourth-order valence-electron chi connectivity index (χ4n) is 3.25. The summed E-state index contributed by atoms with van der Waals surface area (Å²) in [5.41, 5.74) is 0. The topological polar surface area (TPSA) is 111 Å². The van der Waals surface area contributed by atoms with E-state index in [-0.39, 0.29) is 223 Å². The predicted molar refractivity (Wildman–Crippen MR) is 313 cm³/mol. The van der Waals surface area contributed by atoms with Gasteiger partial charge in [0.2, 0.25) is 0 Å². The SMILES string of the molecule is CC(C)OP(=[Se])([Se-])OC(C)C.CC(C)OP(=[Se])([Se-])OC(C)C.CC(C)OP(=[Se])([Se-])OC(C)C.CC(C)OP(=[Se])([Se-])OC(C)C.CC(C)OP(=[Se])([Se-])OC(C)C.CC(C)OP(=[Se])([Se-])OC(C)C.[Cu+].[Cu+].[Cu+].[Cu+].[Cu+].[Cu+].[Cu+].[Cu+].[S-2]. The molecule has 12 nitrogen and oxygen atoms in total. The number of hydrogen-bond donors (Lipinski definition) is 0. The van der Waals surface area contributed by atoms with Gasteiger partial charge in [-0.3, -0.25) is 0 Å². The Labute approximate surface area is 644 Å². The molecule has 0 saturated carbocycles. The van der Waals surface area contributed by atoms with Crippen molar-refractivity contribution in [3.8, 4) is 0 Å². The molecule has 0 amide bonds. The molecular formula is C36H84Cu8O12P6SSe12. The molecule has 75 heavy (non-hydrogen) atoms. The summed E-state index contributed by atoms with van der Waals surface area (Å²) < 4.78 is 55.5. The monoisotopic (exact) mass is 2390 g/mol. The molecule has 0 aliphatic rings.